The molecule has 0 aromatic heterocycles. The van der Waals surface area contributed by atoms with Gasteiger partial charge < -0.3 is 20.0 Å². The van der Waals surface area contributed by atoms with Gasteiger partial charge >= 0.3 is 0 Å². The molecule has 0 aliphatic rings. The quantitative estimate of drug-likeness (QED) is 0.634. The van der Waals surface area contributed by atoms with Crippen molar-refractivity contribution in [2.45, 2.75) is 46.0 Å². The van der Waals surface area contributed by atoms with Crippen LogP contribution in [0.3, 0.4) is 0 Å². The summed E-state index contributed by atoms with van der Waals surface area (Å²) in [6, 6.07) is 7.09. The maximum atomic E-state index is 11.9. The summed E-state index contributed by atoms with van der Waals surface area (Å²) in [5.41, 5.74) is 0.593. The largest absolute Gasteiger partial charge is 0.550 e. The Morgan fingerprint density at radius 3 is 2.43 bits per heavy atom. The van der Waals surface area contributed by atoms with E-state index >= 15 is 0 Å². The predicted octanol–water partition coefficient (Wildman–Crippen LogP) is 2.15. The van der Waals surface area contributed by atoms with Crippen molar-refractivity contribution in [1.29, 1.82) is 0 Å². The standard InChI is InChI=1S/C18H27NO4/c1-14(2)11-13-23-16-9-7-15(8-10-16)18(22)19-12-5-3-4-6-17(20)21/h7-10,14H,3-6,11-13H2,1-2H3,(H,19,22)(H,20,21)/p-1. The van der Waals surface area contributed by atoms with Crippen molar-refractivity contribution in [1.82, 2.24) is 5.32 Å². The van der Waals surface area contributed by atoms with Crippen LogP contribution in [0, 0.1) is 5.92 Å². The minimum atomic E-state index is -1.02. The number of ether oxygens (including phenoxy) is 1. The van der Waals surface area contributed by atoms with Gasteiger partial charge in [0.05, 0.1) is 6.61 Å². The van der Waals surface area contributed by atoms with E-state index < -0.39 is 5.97 Å². The van der Waals surface area contributed by atoms with Crippen molar-refractivity contribution >= 4 is 11.9 Å². The molecule has 0 bridgehead atoms. The van der Waals surface area contributed by atoms with Gasteiger partial charge in [-0.3, -0.25) is 4.79 Å². The Labute approximate surface area is 138 Å². The summed E-state index contributed by atoms with van der Waals surface area (Å²) in [5, 5.41) is 13.1. The molecule has 1 aromatic rings. The molecule has 5 nitrogen and oxygen atoms in total. The van der Waals surface area contributed by atoms with Crippen LogP contribution in [-0.4, -0.2) is 25.0 Å². The smallest absolute Gasteiger partial charge is 0.251 e. The fourth-order valence-corrected chi connectivity index (χ4v) is 1.99. The highest BCUT2D eigenvalue weighted by Gasteiger charge is 2.05. The maximum Gasteiger partial charge on any atom is 0.251 e. The van der Waals surface area contributed by atoms with E-state index in [1.165, 1.54) is 0 Å². The van der Waals surface area contributed by atoms with Gasteiger partial charge in [-0.2, -0.15) is 0 Å². The SMILES string of the molecule is CC(C)CCOc1ccc(C(=O)NCCCCCC(=O)[O-])cc1. The first-order valence-corrected chi connectivity index (χ1v) is 8.20. The molecule has 5 heteroatoms. The summed E-state index contributed by atoms with van der Waals surface area (Å²) in [6.07, 6.45) is 3.18. The molecule has 0 atom stereocenters. The van der Waals surface area contributed by atoms with Crippen LogP contribution in [0.5, 0.6) is 5.75 Å². The van der Waals surface area contributed by atoms with Crippen molar-refractivity contribution in [2.24, 2.45) is 5.92 Å². The highest BCUT2D eigenvalue weighted by molar-refractivity contribution is 5.94. The Kier molecular flexibility index (Phi) is 8.80. The number of rotatable bonds is 11. The monoisotopic (exact) mass is 320 g/mol. The zero-order valence-electron chi connectivity index (χ0n) is 14.0. The summed E-state index contributed by atoms with van der Waals surface area (Å²) in [7, 11) is 0. The molecule has 1 rings (SSSR count). The van der Waals surface area contributed by atoms with Crippen molar-refractivity contribution < 1.29 is 19.4 Å². The van der Waals surface area contributed by atoms with Crippen molar-refractivity contribution in [3.63, 3.8) is 0 Å². The molecule has 0 heterocycles. The minimum absolute atomic E-state index is 0.0756. The lowest BCUT2D eigenvalue weighted by molar-refractivity contribution is -0.305. The summed E-state index contributed by atoms with van der Waals surface area (Å²) in [5.74, 6) is 0.222. The molecule has 1 aromatic carbocycles. The summed E-state index contributed by atoms with van der Waals surface area (Å²) < 4.78 is 5.61. The Balaban J connectivity index is 2.24. The first kappa shape index (κ1) is 19.0. The number of unbranched alkanes of at least 4 members (excludes halogenated alkanes) is 2. The number of carbonyl (C=O) groups excluding carboxylic acids is 2. The molecule has 1 N–H and O–H groups in total. The molecular formula is C18H26NO4-. The van der Waals surface area contributed by atoms with Gasteiger partial charge in [0.15, 0.2) is 0 Å². The maximum absolute atomic E-state index is 11.9. The second-order valence-electron chi connectivity index (χ2n) is 5.99. The van der Waals surface area contributed by atoms with E-state index in [0.29, 0.717) is 31.1 Å². The van der Waals surface area contributed by atoms with Crippen LogP contribution in [0.4, 0.5) is 0 Å². The molecular weight excluding hydrogens is 294 g/mol. The highest BCUT2D eigenvalue weighted by atomic mass is 16.5. The molecule has 0 aliphatic heterocycles. The molecule has 0 saturated heterocycles. The molecule has 0 saturated carbocycles. The number of carbonyl (C=O) groups is 2. The van der Waals surface area contributed by atoms with Gasteiger partial charge in [-0.1, -0.05) is 20.3 Å². The van der Waals surface area contributed by atoms with Gasteiger partial charge in [0.25, 0.3) is 5.91 Å². The lowest BCUT2D eigenvalue weighted by Gasteiger charge is -2.09. The van der Waals surface area contributed by atoms with Crippen molar-refractivity contribution in [2.75, 3.05) is 13.2 Å². The number of carboxylic acids is 1. The van der Waals surface area contributed by atoms with E-state index in [-0.39, 0.29) is 12.3 Å². The number of amides is 1. The summed E-state index contributed by atoms with van der Waals surface area (Å²) in [6.45, 7) is 5.51. The van der Waals surface area contributed by atoms with Crippen LogP contribution in [-0.2, 0) is 4.79 Å². The Hall–Kier alpha value is -2.04. The van der Waals surface area contributed by atoms with Crippen LogP contribution in [0.1, 0.15) is 56.3 Å². The summed E-state index contributed by atoms with van der Waals surface area (Å²) >= 11 is 0. The van der Waals surface area contributed by atoms with E-state index in [9.17, 15) is 14.7 Å². The number of carboxylic acid groups (broad SMARTS) is 1. The van der Waals surface area contributed by atoms with E-state index in [2.05, 4.69) is 19.2 Å². The van der Waals surface area contributed by atoms with Crippen LogP contribution < -0.4 is 15.2 Å². The number of aliphatic carboxylic acids is 1. The van der Waals surface area contributed by atoms with E-state index in [1.54, 1.807) is 24.3 Å². The zero-order valence-corrected chi connectivity index (χ0v) is 14.0. The Morgan fingerprint density at radius 2 is 1.83 bits per heavy atom. The fraction of sp³-hybridized carbons (Fsp3) is 0.556. The third-order valence-corrected chi connectivity index (χ3v) is 3.42. The van der Waals surface area contributed by atoms with Gasteiger partial charge in [-0.05, 0) is 55.9 Å². The van der Waals surface area contributed by atoms with Crippen LogP contribution >= 0.6 is 0 Å². The first-order chi connectivity index (χ1) is 11.0. The van der Waals surface area contributed by atoms with Gasteiger partial charge in [0.2, 0.25) is 0 Å². The number of hydrogen-bond acceptors (Lipinski definition) is 4. The molecule has 0 radical (unpaired) electrons. The van der Waals surface area contributed by atoms with Gasteiger partial charge in [-0.25, -0.2) is 0 Å². The summed E-state index contributed by atoms with van der Waals surface area (Å²) in [4.78, 5) is 22.2. The normalized spacial score (nSPS) is 10.6. The van der Waals surface area contributed by atoms with Crippen molar-refractivity contribution in [3.05, 3.63) is 29.8 Å². The lowest BCUT2D eigenvalue weighted by Crippen LogP contribution is -2.24. The highest BCUT2D eigenvalue weighted by Crippen LogP contribution is 2.13. The average molecular weight is 320 g/mol. The second kappa shape index (κ2) is 10.6. The zero-order chi connectivity index (χ0) is 17.1. The number of benzene rings is 1. The van der Waals surface area contributed by atoms with Crippen molar-refractivity contribution in [3.8, 4) is 5.75 Å². The van der Waals surface area contributed by atoms with E-state index in [4.69, 9.17) is 4.74 Å². The molecule has 0 fully saturated rings. The average Bonchev–Trinajstić information content (AvgIpc) is 2.50. The fourth-order valence-electron chi connectivity index (χ4n) is 1.99. The first-order valence-electron chi connectivity index (χ1n) is 8.20. The molecule has 0 spiro atoms. The third kappa shape index (κ3) is 8.86. The topological polar surface area (TPSA) is 78.5 Å². The van der Waals surface area contributed by atoms with E-state index in [0.717, 1.165) is 25.0 Å². The number of hydrogen-bond donors (Lipinski definition) is 1. The molecule has 23 heavy (non-hydrogen) atoms. The van der Waals surface area contributed by atoms with Crippen LogP contribution in [0.25, 0.3) is 0 Å². The predicted molar refractivity (Wildman–Crippen MR) is 87.2 cm³/mol. The minimum Gasteiger partial charge on any atom is -0.550 e. The molecule has 0 aliphatic carbocycles. The lowest BCUT2D eigenvalue weighted by atomic mass is 10.1. The molecule has 0 unspecified atom stereocenters. The molecule has 128 valence electrons. The second-order valence-corrected chi connectivity index (χ2v) is 5.99. The van der Waals surface area contributed by atoms with Crippen LogP contribution in [0.15, 0.2) is 24.3 Å². The van der Waals surface area contributed by atoms with E-state index in [1.807, 2.05) is 0 Å². The Morgan fingerprint density at radius 1 is 1.13 bits per heavy atom. The van der Waals surface area contributed by atoms with Crippen LogP contribution in [0.2, 0.25) is 0 Å². The van der Waals surface area contributed by atoms with Gasteiger partial charge in [0.1, 0.15) is 5.75 Å². The van der Waals surface area contributed by atoms with Gasteiger partial charge in [-0.15, -0.1) is 0 Å². The van der Waals surface area contributed by atoms with Gasteiger partial charge in [0, 0.05) is 18.1 Å². The number of nitrogens with one attached hydrogen (secondary N) is 1. The third-order valence-electron chi connectivity index (χ3n) is 3.42. The molecule has 1 amide bonds. The Bertz CT molecular complexity index is 482.